The van der Waals surface area contributed by atoms with Crippen molar-refractivity contribution in [1.82, 2.24) is 0 Å². The van der Waals surface area contributed by atoms with Gasteiger partial charge in [-0.25, -0.2) is 0 Å². The van der Waals surface area contributed by atoms with Gasteiger partial charge in [0.1, 0.15) is 11.5 Å². The molecule has 0 aliphatic heterocycles. The van der Waals surface area contributed by atoms with Crippen molar-refractivity contribution in [2.45, 2.75) is 31.1 Å². The van der Waals surface area contributed by atoms with E-state index in [-0.39, 0.29) is 5.92 Å². The first-order chi connectivity index (χ1) is 10.2. The molecule has 0 spiro atoms. The lowest BCUT2D eigenvalue weighted by molar-refractivity contribution is -0.122. The van der Waals surface area contributed by atoms with Crippen LogP contribution in [0.1, 0.15) is 36.8 Å². The zero-order chi connectivity index (χ0) is 14.6. The van der Waals surface area contributed by atoms with E-state index in [9.17, 15) is 4.79 Å². The minimum atomic E-state index is -0.448. The molecule has 106 valence electrons. The van der Waals surface area contributed by atoms with E-state index in [1.165, 1.54) is 11.1 Å². The SMILES string of the molecule is COc1cccc2c1[C@@]1(C)C(=O)CC[C@@H]1c1ccccc1-2. The van der Waals surface area contributed by atoms with E-state index in [4.69, 9.17) is 4.74 Å². The summed E-state index contributed by atoms with van der Waals surface area (Å²) in [4.78, 5) is 12.7. The molecule has 0 aromatic heterocycles. The molecule has 21 heavy (non-hydrogen) atoms. The van der Waals surface area contributed by atoms with Crippen LogP contribution in [-0.2, 0) is 10.2 Å². The highest BCUT2D eigenvalue weighted by Crippen LogP contribution is 2.58. The van der Waals surface area contributed by atoms with Gasteiger partial charge in [-0.1, -0.05) is 36.4 Å². The molecule has 2 heteroatoms. The van der Waals surface area contributed by atoms with Crippen molar-refractivity contribution in [2.24, 2.45) is 0 Å². The lowest BCUT2D eigenvalue weighted by atomic mass is 9.63. The number of ketones is 1. The van der Waals surface area contributed by atoms with Crippen molar-refractivity contribution in [2.75, 3.05) is 7.11 Å². The minimum Gasteiger partial charge on any atom is -0.496 e. The van der Waals surface area contributed by atoms with E-state index in [1.807, 2.05) is 12.1 Å². The van der Waals surface area contributed by atoms with Gasteiger partial charge in [0.05, 0.1) is 12.5 Å². The van der Waals surface area contributed by atoms with Crippen LogP contribution < -0.4 is 4.74 Å². The van der Waals surface area contributed by atoms with Crippen LogP contribution in [0.25, 0.3) is 11.1 Å². The lowest BCUT2D eigenvalue weighted by Crippen LogP contribution is -2.36. The molecule has 0 heterocycles. The molecule has 2 aliphatic rings. The molecular formula is C19H18O2. The fourth-order valence-corrected chi connectivity index (χ4v) is 4.31. The summed E-state index contributed by atoms with van der Waals surface area (Å²) in [6, 6.07) is 14.6. The highest BCUT2D eigenvalue weighted by atomic mass is 16.5. The number of Topliss-reactive ketones (excluding diaryl/α,β-unsaturated/α-hetero) is 1. The van der Waals surface area contributed by atoms with Gasteiger partial charge >= 0.3 is 0 Å². The molecule has 0 radical (unpaired) electrons. The highest BCUT2D eigenvalue weighted by molar-refractivity contribution is 5.99. The number of ether oxygens (including phenoxy) is 1. The Morgan fingerprint density at radius 2 is 1.86 bits per heavy atom. The Bertz CT molecular complexity index is 747. The van der Waals surface area contributed by atoms with Crippen molar-refractivity contribution in [3.05, 3.63) is 53.6 Å². The van der Waals surface area contributed by atoms with Gasteiger partial charge in [-0.3, -0.25) is 4.79 Å². The Labute approximate surface area is 124 Å². The second kappa shape index (κ2) is 4.20. The maximum absolute atomic E-state index is 12.7. The summed E-state index contributed by atoms with van der Waals surface area (Å²) in [6.45, 7) is 2.10. The van der Waals surface area contributed by atoms with Crippen molar-refractivity contribution >= 4 is 5.78 Å². The summed E-state index contributed by atoms with van der Waals surface area (Å²) in [5, 5.41) is 0. The third-order valence-corrected chi connectivity index (χ3v) is 5.33. The molecule has 2 aromatic rings. The average Bonchev–Trinajstić information content (AvgIpc) is 2.83. The van der Waals surface area contributed by atoms with E-state index < -0.39 is 5.41 Å². The van der Waals surface area contributed by atoms with Crippen molar-refractivity contribution in [3.8, 4) is 16.9 Å². The number of benzene rings is 2. The number of fused-ring (bicyclic) bond motifs is 6. The third-order valence-electron chi connectivity index (χ3n) is 5.33. The monoisotopic (exact) mass is 278 g/mol. The van der Waals surface area contributed by atoms with Crippen molar-refractivity contribution < 1.29 is 9.53 Å². The second-order valence-electron chi connectivity index (χ2n) is 6.19. The Kier molecular flexibility index (Phi) is 2.53. The minimum absolute atomic E-state index is 0.269. The fraction of sp³-hybridized carbons (Fsp3) is 0.316. The number of hydrogen-bond donors (Lipinski definition) is 0. The van der Waals surface area contributed by atoms with Crippen LogP contribution >= 0.6 is 0 Å². The number of rotatable bonds is 1. The van der Waals surface area contributed by atoms with E-state index in [2.05, 4.69) is 37.3 Å². The maximum atomic E-state index is 12.7. The topological polar surface area (TPSA) is 26.3 Å². The largest absolute Gasteiger partial charge is 0.496 e. The predicted octanol–water partition coefficient (Wildman–Crippen LogP) is 4.08. The predicted molar refractivity (Wildman–Crippen MR) is 82.8 cm³/mol. The summed E-state index contributed by atoms with van der Waals surface area (Å²) >= 11 is 0. The fourth-order valence-electron chi connectivity index (χ4n) is 4.31. The van der Waals surface area contributed by atoms with Crippen LogP contribution in [0.2, 0.25) is 0 Å². The zero-order valence-corrected chi connectivity index (χ0v) is 12.3. The zero-order valence-electron chi connectivity index (χ0n) is 12.3. The van der Waals surface area contributed by atoms with Crippen LogP contribution in [0.15, 0.2) is 42.5 Å². The summed E-state index contributed by atoms with van der Waals surface area (Å²) in [5.41, 5.74) is 4.35. The molecule has 1 saturated carbocycles. The molecule has 0 bridgehead atoms. The Morgan fingerprint density at radius 3 is 2.67 bits per heavy atom. The smallest absolute Gasteiger partial charge is 0.143 e. The molecule has 4 rings (SSSR count). The Balaban J connectivity index is 2.13. The van der Waals surface area contributed by atoms with Crippen molar-refractivity contribution in [1.29, 1.82) is 0 Å². The van der Waals surface area contributed by atoms with Crippen LogP contribution in [0, 0.1) is 0 Å². The molecule has 2 nitrogen and oxygen atoms in total. The first-order valence-electron chi connectivity index (χ1n) is 7.48. The van der Waals surface area contributed by atoms with Crippen LogP contribution in [0.4, 0.5) is 0 Å². The molecule has 0 N–H and O–H groups in total. The van der Waals surface area contributed by atoms with Gasteiger partial charge in [0.15, 0.2) is 0 Å². The summed E-state index contributed by atoms with van der Waals surface area (Å²) in [6.07, 6.45) is 1.59. The van der Waals surface area contributed by atoms with Gasteiger partial charge in [0.2, 0.25) is 0 Å². The van der Waals surface area contributed by atoms with Gasteiger partial charge in [-0.05, 0) is 36.1 Å². The van der Waals surface area contributed by atoms with Crippen LogP contribution in [-0.4, -0.2) is 12.9 Å². The first kappa shape index (κ1) is 12.6. The van der Waals surface area contributed by atoms with Gasteiger partial charge in [0.25, 0.3) is 0 Å². The summed E-state index contributed by atoms with van der Waals surface area (Å²) in [5.74, 6) is 1.45. The van der Waals surface area contributed by atoms with Gasteiger partial charge in [0, 0.05) is 17.9 Å². The maximum Gasteiger partial charge on any atom is 0.143 e. The molecule has 0 amide bonds. The first-order valence-corrected chi connectivity index (χ1v) is 7.48. The summed E-state index contributed by atoms with van der Waals surface area (Å²) < 4.78 is 5.60. The van der Waals surface area contributed by atoms with Gasteiger partial charge in [-0.2, -0.15) is 0 Å². The molecule has 2 aliphatic carbocycles. The number of carbonyl (C=O) groups excluding carboxylic acids is 1. The molecule has 0 unspecified atom stereocenters. The standard InChI is InChI=1S/C19H18O2/c1-19-15(10-11-17(19)20)13-7-4-3-6-12(13)14-8-5-9-16(21-2)18(14)19/h3-9,15H,10-11H2,1-2H3/t15-,19-/m1/s1. The molecule has 2 aromatic carbocycles. The van der Waals surface area contributed by atoms with Crippen LogP contribution in [0.3, 0.4) is 0 Å². The van der Waals surface area contributed by atoms with E-state index >= 15 is 0 Å². The molecular weight excluding hydrogens is 260 g/mol. The Hall–Kier alpha value is -2.09. The highest BCUT2D eigenvalue weighted by Gasteiger charge is 2.53. The van der Waals surface area contributed by atoms with Gasteiger partial charge in [-0.15, -0.1) is 0 Å². The second-order valence-corrected chi connectivity index (χ2v) is 6.19. The number of hydrogen-bond acceptors (Lipinski definition) is 2. The third kappa shape index (κ3) is 1.45. The lowest BCUT2D eigenvalue weighted by Gasteiger charge is -2.39. The van der Waals surface area contributed by atoms with Crippen LogP contribution in [0.5, 0.6) is 5.75 Å². The molecule has 2 atom stereocenters. The van der Waals surface area contributed by atoms with E-state index in [1.54, 1.807) is 7.11 Å². The van der Waals surface area contributed by atoms with E-state index in [0.29, 0.717) is 12.2 Å². The normalized spacial score (nSPS) is 26.0. The molecule has 0 saturated heterocycles. The van der Waals surface area contributed by atoms with Crippen molar-refractivity contribution in [3.63, 3.8) is 0 Å². The number of carbonyl (C=O) groups is 1. The molecule has 1 fully saturated rings. The summed E-state index contributed by atoms with van der Waals surface area (Å²) in [7, 11) is 1.69. The quantitative estimate of drug-likeness (QED) is 0.785. The number of methoxy groups -OCH3 is 1. The van der Waals surface area contributed by atoms with Gasteiger partial charge < -0.3 is 4.74 Å². The Morgan fingerprint density at radius 1 is 1.10 bits per heavy atom. The average molecular weight is 278 g/mol. The van der Waals surface area contributed by atoms with E-state index in [0.717, 1.165) is 23.3 Å².